The van der Waals surface area contributed by atoms with Gasteiger partial charge < -0.3 is 20.3 Å². The lowest BCUT2D eigenvalue weighted by atomic mass is 10.0. The predicted molar refractivity (Wildman–Crippen MR) is 118 cm³/mol. The molecule has 2 fully saturated rings. The number of aromatic nitrogens is 6. The van der Waals surface area contributed by atoms with E-state index in [4.69, 9.17) is 9.97 Å². The fraction of sp³-hybridized carbons (Fsp3) is 0.455. The Hall–Kier alpha value is -3.27. The first-order valence-corrected chi connectivity index (χ1v) is 11.2. The van der Waals surface area contributed by atoms with Crippen LogP contribution in [0.3, 0.4) is 0 Å². The molecule has 1 aliphatic carbocycles. The normalized spacial score (nSPS) is 19.2. The van der Waals surface area contributed by atoms with Gasteiger partial charge in [-0.1, -0.05) is 6.07 Å². The maximum absolute atomic E-state index is 14.0. The summed E-state index contributed by atoms with van der Waals surface area (Å²) in [5.41, 5.74) is 2.93. The molecule has 1 saturated heterocycles. The average Bonchev–Trinajstić information content (AvgIpc) is 3.42. The van der Waals surface area contributed by atoms with E-state index < -0.39 is 0 Å². The van der Waals surface area contributed by atoms with Gasteiger partial charge in [-0.05, 0) is 50.2 Å². The van der Waals surface area contributed by atoms with E-state index in [-0.39, 0.29) is 18.5 Å². The standard InChI is InChI=1S/C22H25FN8O/c23-16-5-3-6-17-19(16)27-18(26-17)11-24-21-29-22(30-9-2-1-4-14(30)12-32)28-20-15(13-7-8-13)10-25-31(20)21/h3,5-6,10,13-14,32H,1-2,4,7-9,11-12H2,(H,26,27)(H,24,28,29)/t14-/m0/s1. The number of anilines is 2. The molecular weight excluding hydrogens is 411 g/mol. The van der Waals surface area contributed by atoms with Crippen molar-refractivity contribution in [1.29, 1.82) is 0 Å². The zero-order valence-corrected chi connectivity index (χ0v) is 17.6. The van der Waals surface area contributed by atoms with Gasteiger partial charge in [0.05, 0.1) is 30.9 Å². The highest BCUT2D eigenvalue weighted by atomic mass is 19.1. The molecule has 0 radical (unpaired) electrons. The molecule has 0 spiro atoms. The molecule has 2 aliphatic rings. The number of nitrogens with one attached hydrogen (secondary N) is 2. The van der Waals surface area contributed by atoms with E-state index in [0.29, 0.717) is 41.2 Å². The number of imidazole rings is 1. The maximum atomic E-state index is 14.0. The van der Waals surface area contributed by atoms with E-state index in [1.807, 2.05) is 6.20 Å². The number of aliphatic hydroxyl groups is 1. The van der Waals surface area contributed by atoms with Gasteiger partial charge in [-0.25, -0.2) is 9.37 Å². The molecule has 0 amide bonds. The number of nitrogens with zero attached hydrogens (tertiary/aromatic N) is 6. The minimum atomic E-state index is -0.349. The Bertz CT molecular complexity index is 1280. The van der Waals surface area contributed by atoms with Crippen LogP contribution in [0.4, 0.5) is 16.3 Å². The number of fused-ring (bicyclic) bond motifs is 2. The summed E-state index contributed by atoms with van der Waals surface area (Å²) in [7, 11) is 0. The van der Waals surface area contributed by atoms with Crippen molar-refractivity contribution in [2.45, 2.75) is 50.6 Å². The van der Waals surface area contributed by atoms with Crippen molar-refractivity contribution in [3.8, 4) is 0 Å². The van der Waals surface area contributed by atoms with Crippen molar-refractivity contribution >= 4 is 28.6 Å². The Morgan fingerprint density at radius 2 is 2.06 bits per heavy atom. The van der Waals surface area contributed by atoms with E-state index >= 15 is 0 Å². The van der Waals surface area contributed by atoms with E-state index in [0.717, 1.165) is 49.9 Å². The first kappa shape index (κ1) is 19.4. The topological polar surface area (TPSA) is 107 Å². The van der Waals surface area contributed by atoms with Crippen molar-refractivity contribution in [2.75, 3.05) is 23.4 Å². The number of aromatic amines is 1. The van der Waals surface area contributed by atoms with E-state index in [9.17, 15) is 9.50 Å². The fourth-order valence-electron chi connectivity index (χ4n) is 4.56. The number of benzene rings is 1. The summed E-state index contributed by atoms with van der Waals surface area (Å²) in [6.45, 7) is 1.23. The molecule has 6 rings (SSSR count). The molecule has 1 aliphatic heterocycles. The number of hydrogen-bond donors (Lipinski definition) is 3. The van der Waals surface area contributed by atoms with E-state index in [2.05, 4.69) is 25.3 Å². The van der Waals surface area contributed by atoms with Gasteiger partial charge in [-0.3, -0.25) is 0 Å². The van der Waals surface area contributed by atoms with Crippen molar-refractivity contribution < 1.29 is 9.50 Å². The lowest BCUT2D eigenvalue weighted by molar-refractivity contribution is 0.239. The molecule has 1 aromatic carbocycles. The third kappa shape index (κ3) is 3.35. The molecule has 9 nitrogen and oxygen atoms in total. The summed E-state index contributed by atoms with van der Waals surface area (Å²) < 4.78 is 15.8. The van der Waals surface area contributed by atoms with Crippen molar-refractivity contribution in [3.63, 3.8) is 0 Å². The monoisotopic (exact) mass is 436 g/mol. The number of para-hydroxylation sites is 1. The Kier molecular flexibility index (Phi) is 4.67. The Balaban J connectivity index is 1.37. The number of aliphatic hydroxyl groups excluding tert-OH is 1. The quantitative estimate of drug-likeness (QED) is 0.427. The molecule has 1 saturated carbocycles. The van der Waals surface area contributed by atoms with Gasteiger partial charge in [0.25, 0.3) is 0 Å². The lowest BCUT2D eigenvalue weighted by Gasteiger charge is -2.34. The number of H-pyrrole nitrogens is 1. The highest BCUT2D eigenvalue weighted by Gasteiger charge is 2.30. The second kappa shape index (κ2) is 7.70. The summed E-state index contributed by atoms with van der Waals surface area (Å²) in [4.78, 5) is 19.3. The molecule has 0 bridgehead atoms. The van der Waals surface area contributed by atoms with Crippen molar-refractivity contribution in [3.05, 3.63) is 41.6 Å². The van der Waals surface area contributed by atoms with Crippen LogP contribution < -0.4 is 10.2 Å². The van der Waals surface area contributed by atoms with E-state index in [1.54, 1.807) is 16.6 Å². The van der Waals surface area contributed by atoms with Gasteiger partial charge in [0, 0.05) is 12.1 Å². The molecule has 4 heterocycles. The fourth-order valence-corrected chi connectivity index (χ4v) is 4.56. The Labute approximate surface area is 183 Å². The van der Waals surface area contributed by atoms with Crippen LogP contribution in [0.5, 0.6) is 0 Å². The van der Waals surface area contributed by atoms with Gasteiger partial charge >= 0.3 is 0 Å². The molecule has 0 unspecified atom stereocenters. The largest absolute Gasteiger partial charge is 0.394 e. The minimum Gasteiger partial charge on any atom is -0.394 e. The molecule has 3 N–H and O–H groups in total. The smallest absolute Gasteiger partial charge is 0.231 e. The van der Waals surface area contributed by atoms with Crippen LogP contribution in [0.25, 0.3) is 16.7 Å². The summed E-state index contributed by atoms with van der Waals surface area (Å²) in [5.74, 6) is 1.92. The van der Waals surface area contributed by atoms with Crippen LogP contribution in [0.15, 0.2) is 24.4 Å². The maximum Gasteiger partial charge on any atom is 0.231 e. The van der Waals surface area contributed by atoms with E-state index in [1.165, 1.54) is 6.07 Å². The molecule has 32 heavy (non-hydrogen) atoms. The zero-order chi connectivity index (χ0) is 21.7. The summed E-state index contributed by atoms with van der Waals surface area (Å²) >= 11 is 0. The molecule has 3 aromatic heterocycles. The van der Waals surface area contributed by atoms with Gasteiger partial charge in [-0.2, -0.15) is 19.6 Å². The van der Waals surface area contributed by atoms with Gasteiger partial charge in [0.15, 0.2) is 11.5 Å². The predicted octanol–water partition coefficient (Wildman–Crippen LogP) is 2.98. The third-order valence-corrected chi connectivity index (χ3v) is 6.42. The van der Waals surface area contributed by atoms with Crippen LogP contribution in [0.2, 0.25) is 0 Å². The summed E-state index contributed by atoms with van der Waals surface area (Å²) in [5, 5.41) is 17.7. The second-order valence-corrected chi connectivity index (χ2v) is 8.66. The van der Waals surface area contributed by atoms with Crippen LogP contribution in [0.1, 0.15) is 49.4 Å². The first-order chi connectivity index (χ1) is 15.7. The van der Waals surface area contributed by atoms with Gasteiger partial charge in [0.1, 0.15) is 11.3 Å². The highest BCUT2D eigenvalue weighted by molar-refractivity contribution is 5.75. The third-order valence-electron chi connectivity index (χ3n) is 6.42. The van der Waals surface area contributed by atoms with Crippen LogP contribution >= 0.6 is 0 Å². The molecular formula is C22H25FN8O. The van der Waals surface area contributed by atoms with Crippen molar-refractivity contribution in [2.24, 2.45) is 0 Å². The second-order valence-electron chi connectivity index (χ2n) is 8.66. The van der Waals surface area contributed by atoms with Gasteiger partial charge in [-0.15, -0.1) is 0 Å². The first-order valence-electron chi connectivity index (χ1n) is 11.2. The molecule has 10 heteroatoms. The van der Waals surface area contributed by atoms with Crippen LogP contribution in [-0.2, 0) is 6.54 Å². The minimum absolute atomic E-state index is 0.0182. The average molecular weight is 436 g/mol. The van der Waals surface area contributed by atoms with Crippen LogP contribution in [0, 0.1) is 5.82 Å². The molecule has 1 atom stereocenters. The zero-order valence-electron chi connectivity index (χ0n) is 17.6. The SMILES string of the molecule is OC[C@@H]1CCCCN1c1nc(NCc2nc3c(F)cccc3[nH]2)n2ncc(C3CC3)c2n1. The number of hydrogen-bond acceptors (Lipinski definition) is 7. The number of rotatable bonds is 6. The number of piperidine rings is 1. The lowest BCUT2D eigenvalue weighted by Crippen LogP contribution is -2.43. The van der Waals surface area contributed by atoms with Crippen molar-refractivity contribution in [1.82, 2.24) is 29.5 Å². The molecule has 4 aromatic rings. The molecule has 166 valence electrons. The number of halogens is 1. The summed E-state index contributed by atoms with van der Waals surface area (Å²) in [6.07, 6.45) is 7.25. The highest BCUT2D eigenvalue weighted by Crippen LogP contribution is 2.42. The summed E-state index contributed by atoms with van der Waals surface area (Å²) in [6, 6.07) is 4.88. The Morgan fingerprint density at radius 1 is 1.16 bits per heavy atom. The van der Waals surface area contributed by atoms with Gasteiger partial charge in [0.2, 0.25) is 11.9 Å². The van der Waals surface area contributed by atoms with Crippen LogP contribution in [-0.4, -0.2) is 53.9 Å². The Morgan fingerprint density at radius 3 is 2.88 bits per heavy atom.